The van der Waals surface area contributed by atoms with Crippen molar-refractivity contribution >= 4 is 17.8 Å². The lowest BCUT2D eigenvalue weighted by molar-refractivity contribution is -0.158. The molecule has 0 spiro atoms. The van der Waals surface area contributed by atoms with Gasteiger partial charge in [-0.2, -0.15) is 0 Å². The van der Waals surface area contributed by atoms with E-state index in [9.17, 15) is 14.4 Å². The number of amides is 2. The summed E-state index contributed by atoms with van der Waals surface area (Å²) in [5.41, 5.74) is 3.12. The van der Waals surface area contributed by atoms with E-state index in [-0.39, 0.29) is 18.4 Å². The number of nitrogens with one attached hydrogen (secondary N) is 1. The molecule has 0 saturated carbocycles. The molecule has 0 aliphatic rings. The van der Waals surface area contributed by atoms with E-state index in [1.807, 2.05) is 26.0 Å². The first-order chi connectivity index (χ1) is 12.8. The lowest BCUT2D eigenvalue weighted by Gasteiger charge is -2.21. The molecule has 0 aromatic heterocycles. The minimum Gasteiger partial charge on any atom is -0.446 e. The molecule has 0 aliphatic carbocycles. The average Bonchev–Trinajstić information content (AvgIpc) is 2.66. The zero-order valence-corrected chi connectivity index (χ0v) is 16.0. The van der Waals surface area contributed by atoms with Crippen molar-refractivity contribution in [2.45, 2.75) is 20.0 Å². The Morgan fingerprint density at radius 1 is 1.00 bits per heavy atom. The van der Waals surface area contributed by atoms with Gasteiger partial charge in [0.05, 0.1) is 0 Å². The smallest absolute Gasteiger partial charge is 0.326 e. The number of nitrogens with zero attached hydrogens (tertiary/aromatic N) is 1. The van der Waals surface area contributed by atoms with E-state index >= 15 is 0 Å². The number of rotatable bonds is 6. The van der Waals surface area contributed by atoms with Crippen LogP contribution in [0.1, 0.15) is 33.2 Å². The number of benzene rings is 2. The van der Waals surface area contributed by atoms with Crippen LogP contribution in [0.5, 0.6) is 0 Å². The summed E-state index contributed by atoms with van der Waals surface area (Å²) in [6, 6.07) is 14.1. The first-order valence-electron chi connectivity index (χ1n) is 8.60. The van der Waals surface area contributed by atoms with Gasteiger partial charge in [-0.25, -0.2) is 0 Å². The van der Waals surface area contributed by atoms with Crippen LogP contribution in [0, 0.1) is 13.8 Å². The molecule has 0 saturated heterocycles. The van der Waals surface area contributed by atoms with E-state index in [0.29, 0.717) is 11.1 Å². The van der Waals surface area contributed by atoms with Gasteiger partial charge in [0.15, 0.2) is 0 Å². The Bertz CT molecular complexity index is 831. The van der Waals surface area contributed by atoms with Gasteiger partial charge in [0.25, 0.3) is 11.8 Å². The molecule has 27 heavy (non-hydrogen) atoms. The lowest BCUT2D eigenvalue weighted by Crippen LogP contribution is -2.35. The first-order valence-corrected chi connectivity index (χ1v) is 8.60. The van der Waals surface area contributed by atoms with Gasteiger partial charge in [0.1, 0.15) is 6.54 Å². The highest BCUT2D eigenvalue weighted by Gasteiger charge is 2.26. The fraction of sp³-hybridized carbons (Fsp3) is 0.286. The predicted octanol–water partition coefficient (Wildman–Crippen LogP) is 2.41. The highest BCUT2D eigenvalue weighted by atomic mass is 16.5. The van der Waals surface area contributed by atoms with Gasteiger partial charge in [-0.3, -0.25) is 14.4 Å². The molecule has 1 unspecified atom stereocenters. The molecular formula is C21H24N2O4. The van der Waals surface area contributed by atoms with Crippen LogP contribution in [-0.2, 0) is 14.3 Å². The molecule has 2 rings (SSSR count). The highest BCUT2D eigenvalue weighted by Crippen LogP contribution is 2.19. The lowest BCUT2D eigenvalue weighted by atomic mass is 10.1. The second-order valence-electron chi connectivity index (χ2n) is 6.49. The maximum Gasteiger partial charge on any atom is 0.326 e. The van der Waals surface area contributed by atoms with Crippen molar-refractivity contribution in [3.8, 4) is 0 Å². The normalized spacial score (nSPS) is 11.4. The number of esters is 1. The third-order valence-corrected chi connectivity index (χ3v) is 4.18. The van der Waals surface area contributed by atoms with Crippen molar-refractivity contribution in [1.82, 2.24) is 10.2 Å². The summed E-state index contributed by atoms with van der Waals surface area (Å²) in [6.45, 7) is 3.55. The van der Waals surface area contributed by atoms with E-state index < -0.39 is 12.1 Å². The predicted molar refractivity (Wildman–Crippen MR) is 102 cm³/mol. The summed E-state index contributed by atoms with van der Waals surface area (Å²) in [5, 5.41) is 2.53. The van der Waals surface area contributed by atoms with Gasteiger partial charge in [0.2, 0.25) is 6.10 Å². The van der Waals surface area contributed by atoms with Gasteiger partial charge >= 0.3 is 5.97 Å². The Morgan fingerprint density at radius 2 is 1.67 bits per heavy atom. The molecular weight excluding hydrogens is 344 g/mol. The summed E-state index contributed by atoms with van der Waals surface area (Å²) in [7, 11) is 3.18. The van der Waals surface area contributed by atoms with E-state index in [2.05, 4.69) is 5.32 Å². The fourth-order valence-electron chi connectivity index (χ4n) is 2.43. The van der Waals surface area contributed by atoms with Crippen LogP contribution in [0.15, 0.2) is 48.5 Å². The summed E-state index contributed by atoms with van der Waals surface area (Å²) in [6.07, 6.45) is -1.05. The Labute approximate surface area is 159 Å². The molecule has 142 valence electrons. The molecule has 1 atom stereocenters. The zero-order valence-electron chi connectivity index (χ0n) is 16.0. The van der Waals surface area contributed by atoms with Gasteiger partial charge in [-0.15, -0.1) is 0 Å². The number of carbonyl (C=O) groups is 3. The number of hydrogen-bond donors (Lipinski definition) is 1. The minimum atomic E-state index is -1.05. The van der Waals surface area contributed by atoms with E-state index in [1.54, 1.807) is 50.5 Å². The van der Waals surface area contributed by atoms with Crippen LogP contribution in [-0.4, -0.2) is 43.3 Å². The first kappa shape index (κ1) is 20.2. The summed E-state index contributed by atoms with van der Waals surface area (Å²) < 4.78 is 5.34. The van der Waals surface area contributed by atoms with Gasteiger partial charge in [-0.1, -0.05) is 36.4 Å². The Hall–Kier alpha value is -3.15. The van der Waals surface area contributed by atoms with Gasteiger partial charge < -0.3 is 15.0 Å². The van der Waals surface area contributed by atoms with Gasteiger partial charge in [-0.05, 0) is 37.1 Å². The molecule has 0 aliphatic heterocycles. The van der Waals surface area contributed by atoms with Crippen LogP contribution in [0.3, 0.4) is 0 Å². The summed E-state index contributed by atoms with van der Waals surface area (Å²) in [4.78, 5) is 38.1. The zero-order chi connectivity index (χ0) is 20.0. The second kappa shape index (κ2) is 8.98. The third kappa shape index (κ3) is 5.41. The Morgan fingerprint density at radius 3 is 2.26 bits per heavy atom. The average molecular weight is 368 g/mol. The molecule has 2 aromatic carbocycles. The quantitative estimate of drug-likeness (QED) is 0.795. The van der Waals surface area contributed by atoms with Crippen molar-refractivity contribution < 1.29 is 19.1 Å². The Kier molecular flexibility index (Phi) is 6.71. The maximum absolute atomic E-state index is 12.4. The van der Waals surface area contributed by atoms with Crippen LogP contribution < -0.4 is 5.32 Å². The monoisotopic (exact) mass is 368 g/mol. The maximum atomic E-state index is 12.4. The van der Waals surface area contributed by atoms with Crippen molar-refractivity contribution in [3.63, 3.8) is 0 Å². The number of likely N-dealkylation sites (N-methyl/N-ethyl adjacent to an activating group) is 1. The van der Waals surface area contributed by atoms with Gasteiger partial charge in [0, 0.05) is 25.2 Å². The molecule has 1 N–H and O–H groups in total. The summed E-state index contributed by atoms with van der Waals surface area (Å²) in [5.74, 6) is -1.41. The number of ether oxygens (including phenoxy) is 1. The molecule has 0 radical (unpaired) electrons. The summed E-state index contributed by atoms with van der Waals surface area (Å²) >= 11 is 0. The number of aryl methyl sites for hydroxylation is 2. The molecule has 0 bridgehead atoms. The minimum absolute atomic E-state index is 0.324. The number of hydrogen-bond acceptors (Lipinski definition) is 4. The molecule has 0 heterocycles. The van der Waals surface area contributed by atoms with E-state index in [0.717, 1.165) is 11.1 Å². The van der Waals surface area contributed by atoms with E-state index in [1.165, 1.54) is 4.90 Å². The second-order valence-corrected chi connectivity index (χ2v) is 6.49. The van der Waals surface area contributed by atoms with Crippen molar-refractivity contribution in [3.05, 3.63) is 70.8 Å². The highest BCUT2D eigenvalue weighted by molar-refractivity contribution is 5.96. The number of carbonyl (C=O) groups excluding carboxylic acids is 3. The van der Waals surface area contributed by atoms with Crippen LogP contribution in [0.25, 0.3) is 0 Å². The van der Waals surface area contributed by atoms with Crippen molar-refractivity contribution in [2.75, 3.05) is 20.6 Å². The standard InChI is InChI=1S/C21H24N2O4/c1-14-10-11-17(12-15(14)2)20(25)22-13-18(24)27-19(21(26)23(3)4)16-8-6-5-7-9-16/h5-12,19H,13H2,1-4H3,(H,22,25). The van der Waals surface area contributed by atoms with Crippen molar-refractivity contribution in [2.24, 2.45) is 0 Å². The topological polar surface area (TPSA) is 75.7 Å². The Balaban J connectivity index is 2.02. The SMILES string of the molecule is Cc1ccc(C(=O)NCC(=O)OC(C(=O)N(C)C)c2ccccc2)cc1C. The third-order valence-electron chi connectivity index (χ3n) is 4.18. The molecule has 6 heteroatoms. The molecule has 2 amide bonds. The molecule has 2 aromatic rings. The largest absolute Gasteiger partial charge is 0.446 e. The van der Waals surface area contributed by atoms with Crippen molar-refractivity contribution in [1.29, 1.82) is 0 Å². The van der Waals surface area contributed by atoms with Crippen LogP contribution in [0.4, 0.5) is 0 Å². The van der Waals surface area contributed by atoms with Crippen LogP contribution >= 0.6 is 0 Å². The molecule has 6 nitrogen and oxygen atoms in total. The molecule has 0 fully saturated rings. The fourth-order valence-corrected chi connectivity index (χ4v) is 2.43. The van der Waals surface area contributed by atoms with Crippen LogP contribution in [0.2, 0.25) is 0 Å². The van der Waals surface area contributed by atoms with E-state index in [4.69, 9.17) is 4.74 Å².